The van der Waals surface area contributed by atoms with Crippen LogP contribution >= 0.6 is 11.6 Å². The van der Waals surface area contributed by atoms with Crippen LogP contribution in [0.4, 0.5) is 0 Å². The molecule has 2 aromatic rings. The number of carbonyl (C=O) groups excluding carboxylic acids is 1. The molecule has 0 saturated carbocycles. The van der Waals surface area contributed by atoms with E-state index in [-0.39, 0.29) is 0 Å². The number of rotatable bonds is 5. The van der Waals surface area contributed by atoms with E-state index < -0.39 is 5.24 Å². The van der Waals surface area contributed by atoms with Gasteiger partial charge in [0.25, 0.3) is 5.24 Å². The van der Waals surface area contributed by atoms with Crippen LogP contribution in [-0.2, 0) is 6.42 Å². The molecule has 0 N–H and O–H groups in total. The first kappa shape index (κ1) is 13.6. The van der Waals surface area contributed by atoms with Crippen molar-refractivity contribution in [2.75, 3.05) is 0 Å². The molecule has 2 rings (SSSR count). The number of hydrogen-bond donors (Lipinski definition) is 0. The summed E-state index contributed by atoms with van der Waals surface area (Å²) in [6.07, 6.45) is 6.24. The summed E-state index contributed by atoms with van der Waals surface area (Å²) in [4.78, 5) is 10.9. The summed E-state index contributed by atoms with van der Waals surface area (Å²) >= 11 is 5.39. The van der Waals surface area contributed by atoms with Gasteiger partial charge in [0.05, 0.1) is 0 Å². The van der Waals surface area contributed by atoms with Crippen LogP contribution in [0.5, 0.6) is 0 Å². The molecule has 0 aliphatic rings. The maximum absolute atomic E-state index is 10.9. The van der Waals surface area contributed by atoms with Crippen molar-refractivity contribution in [2.45, 2.75) is 12.8 Å². The van der Waals surface area contributed by atoms with Gasteiger partial charge in [0.15, 0.2) is 0 Å². The summed E-state index contributed by atoms with van der Waals surface area (Å²) in [6, 6.07) is 17.7. The highest BCUT2D eigenvalue weighted by Crippen LogP contribution is 2.10. The second kappa shape index (κ2) is 6.91. The number of allylic oxidation sites excluding steroid dienone is 1. The second-order valence-electron chi connectivity index (χ2n) is 4.32. The molecule has 96 valence electrons. The molecule has 0 aliphatic heterocycles. The fourth-order valence-electron chi connectivity index (χ4n) is 1.84. The number of halogens is 1. The Kier molecular flexibility index (Phi) is 4.93. The Morgan fingerprint density at radius 1 is 1.00 bits per heavy atom. The van der Waals surface area contributed by atoms with Gasteiger partial charge in [-0.2, -0.15) is 0 Å². The topological polar surface area (TPSA) is 17.1 Å². The third kappa shape index (κ3) is 4.38. The van der Waals surface area contributed by atoms with Crippen LogP contribution in [0.1, 0.15) is 27.9 Å². The molecular weight excluding hydrogens is 256 g/mol. The Balaban J connectivity index is 1.87. The zero-order valence-electron chi connectivity index (χ0n) is 10.6. The summed E-state index contributed by atoms with van der Waals surface area (Å²) < 4.78 is 0. The van der Waals surface area contributed by atoms with Crippen LogP contribution in [0, 0.1) is 0 Å². The Bertz CT molecular complexity index is 556. The third-order valence-corrected chi connectivity index (χ3v) is 3.11. The van der Waals surface area contributed by atoms with Crippen LogP contribution in [0.2, 0.25) is 0 Å². The van der Waals surface area contributed by atoms with Crippen molar-refractivity contribution >= 4 is 22.9 Å². The molecule has 0 aliphatic carbocycles. The van der Waals surface area contributed by atoms with Crippen molar-refractivity contribution in [1.29, 1.82) is 0 Å². The van der Waals surface area contributed by atoms with Gasteiger partial charge in [-0.1, -0.05) is 54.6 Å². The molecule has 0 radical (unpaired) electrons. The lowest BCUT2D eigenvalue weighted by Gasteiger charge is -1.98. The largest absolute Gasteiger partial charge is 0.276 e. The lowest BCUT2D eigenvalue weighted by Crippen LogP contribution is -1.87. The Labute approximate surface area is 118 Å². The van der Waals surface area contributed by atoms with E-state index in [0.29, 0.717) is 5.56 Å². The predicted molar refractivity (Wildman–Crippen MR) is 80.4 cm³/mol. The zero-order valence-corrected chi connectivity index (χ0v) is 11.3. The van der Waals surface area contributed by atoms with Gasteiger partial charge in [-0.3, -0.25) is 4.79 Å². The van der Waals surface area contributed by atoms with Crippen LogP contribution in [0.25, 0.3) is 6.08 Å². The van der Waals surface area contributed by atoms with E-state index in [1.807, 2.05) is 18.2 Å². The lowest BCUT2D eigenvalue weighted by atomic mass is 10.1. The molecule has 0 fully saturated rings. The quantitative estimate of drug-likeness (QED) is 0.719. The van der Waals surface area contributed by atoms with Gasteiger partial charge in [0, 0.05) is 5.56 Å². The molecule has 0 bridgehead atoms. The molecule has 0 spiro atoms. The SMILES string of the molecule is O=C(Cl)c1ccc(/C=C/CCc2ccccc2)cc1. The van der Waals surface area contributed by atoms with Gasteiger partial charge in [0.1, 0.15) is 0 Å². The predicted octanol–water partition coefficient (Wildman–Crippen LogP) is 4.71. The molecule has 0 heterocycles. The second-order valence-corrected chi connectivity index (χ2v) is 4.67. The van der Waals surface area contributed by atoms with Crippen molar-refractivity contribution in [3.63, 3.8) is 0 Å². The minimum absolute atomic E-state index is 0.417. The van der Waals surface area contributed by atoms with Crippen LogP contribution < -0.4 is 0 Å². The van der Waals surface area contributed by atoms with E-state index in [4.69, 9.17) is 11.6 Å². The highest BCUT2D eigenvalue weighted by molar-refractivity contribution is 6.67. The Morgan fingerprint density at radius 2 is 1.68 bits per heavy atom. The summed E-state index contributed by atoms with van der Waals surface area (Å²) in [6.45, 7) is 0. The van der Waals surface area contributed by atoms with Crippen LogP contribution in [0.15, 0.2) is 60.7 Å². The van der Waals surface area contributed by atoms with Gasteiger partial charge in [-0.25, -0.2) is 0 Å². The molecule has 0 aromatic heterocycles. The van der Waals surface area contributed by atoms with E-state index >= 15 is 0 Å². The molecule has 0 atom stereocenters. The first-order valence-electron chi connectivity index (χ1n) is 6.26. The van der Waals surface area contributed by atoms with E-state index in [1.165, 1.54) is 5.56 Å². The van der Waals surface area contributed by atoms with E-state index in [1.54, 1.807) is 12.1 Å². The average molecular weight is 271 g/mol. The van der Waals surface area contributed by atoms with Crippen molar-refractivity contribution < 1.29 is 4.79 Å². The molecule has 1 nitrogen and oxygen atoms in total. The van der Waals surface area contributed by atoms with Gasteiger partial charge >= 0.3 is 0 Å². The lowest BCUT2D eigenvalue weighted by molar-refractivity contribution is 0.108. The smallest absolute Gasteiger partial charge is 0.252 e. The molecule has 0 unspecified atom stereocenters. The van der Waals surface area contributed by atoms with Crippen LogP contribution in [0.3, 0.4) is 0 Å². The summed E-state index contributed by atoms with van der Waals surface area (Å²) in [5.41, 5.74) is 2.95. The first-order valence-corrected chi connectivity index (χ1v) is 6.64. The minimum atomic E-state index is -0.417. The molecule has 19 heavy (non-hydrogen) atoms. The number of benzene rings is 2. The van der Waals surface area contributed by atoms with E-state index in [0.717, 1.165) is 18.4 Å². The number of hydrogen-bond acceptors (Lipinski definition) is 1. The average Bonchev–Trinajstić information content (AvgIpc) is 2.45. The Hall–Kier alpha value is -1.86. The van der Waals surface area contributed by atoms with Crippen molar-refractivity contribution in [3.8, 4) is 0 Å². The highest BCUT2D eigenvalue weighted by atomic mass is 35.5. The van der Waals surface area contributed by atoms with E-state index in [9.17, 15) is 4.79 Å². The molecule has 2 aromatic carbocycles. The molecule has 0 amide bonds. The molecular formula is C17H15ClO. The summed E-state index contributed by atoms with van der Waals surface area (Å²) in [5.74, 6) is 0. The summed E-state index contributed by atoms with van der Waals surface area (Å²) in [5, 5.41) is -0.417. The molecule has 0 saturated heterocycles. The van der Waals surface area contributed by atoms with Crippen molar-refractivity contribution in [2.24, 2.45) is 0 Å². The summed E-state index contributed by atoms with van der Waals surface area (Å²) in [7, 11) is 0. The number of carbonyl (C=O) groups is 1. The van der Waals surface area contributed by atoms with Gasteiger partial charge in [-0.05, 0) is 47.7 Å². The third-order valence-electron chi connectivity index (χ3n) is 2.89. The normalized spacial score (nSPS) is 10.8. The maximum atomic E-state index is 10.9. The molecule has 2 heteroatoms. The number of aryl methyl sites for hydroxylation is 1. The fraction of sp³-hybridized carbons (Fsp3) is 0.118. The maximum Gasteiger partial charge on any atom is 0.252 e. The van der Waals surface area contributed by atoms with Crippen molar-refractivity contribution in [1.82, 2.24) is 0 Å². The first-order chi connectivity index (χ1) is 9.25. The van der Waals surface area contributed by atoms with Crippen molar-refractivity contribution in [3.05, 3.63) is 77.4 Å². The fourth-order valence-corrected chi connectivity index (χ4v) is 1.97. The monoisotopic (exact) mass is 270 g/mol. The Morgan fingerprint density at radius 3 is 2.32 bits per heavy atom. The van der Waals surface area contributed by atoms with Gasteiger partial charge < -0.3 is 0 Å². The van der Waals surface area contributed by atoms with Crippen LogP contribution in [-0.4, -0.2) is 5.24 Å². The highest BCUT2D eigenvalue weighted by Gasteiger charge is 1.99. The van der Waals surface area contributed by atoms with Gasteiger partial charge in [0.2, 0.25) is 0 Å². The zero-order chi connectivity index (χ0) is 13.5. The van der Waals surface area contributed by atoms with E-state index in [2.05, 4.69) is 36.4 Å². The minimum Gasteiger partial charge on any atom is -0.276 e. The van der Waals surface area contributed by atoms with Gasteiger partial charge in [-0.15, -0.1) is 0 Å². The standard InChI is InChI=1S/C17H15ClO/c18-17(19)16-12-10-15(11-13-16)9-5-4-8-14-6-2-1-3-7-14/h1-3,5-7,9-13H,4,8H2/b9-5+.